The van der Waals surface area contributed by atoms with Gasteiger partial charge in [0.2, 0.25) is 21.8 Å². The zero-order valence-electron chi connectivity index (χ0n) is 22.7. The van der Waals surface area contributed by atoms with Crippen LogP contribution in [0.4, 0.5) is 5.69 Å². The maximum Gasteiger partial charge on any atom is 0.244 e. The third-order valence-corrected chi connectivity index (χ3v) is 7.07. The fourth-order valence-electron chi connectivity index (χ4n) is 4.18. The largest absolute Gasteiger partial charge is 0.350 e. The Morgan fingerprint density at radius 1 is 0.868 bits per heavy atom. The summed E-state index contributed by atoms with van der Waals surface area (Å²) >= 11 is 0. The number of anilines is 1. The number of carbonyl (C=O) groups excluding carboxylic acids is 2. The average Bonchev–Trinajstić information content (AvgIpc) is 2.84. The molecule has 202 valence electrons. The van der Waals surface area contributed by atoms with E-state index < -0.39 is 34.1 Å². The quantitative estimate of drug-likeness (QED) is 0.419. The van der Waals surface area contributed by atoms with Crippen LogP contribution in [0.5, 0.6) is 0 Å². The minimum atomic E-state index is -3.78. The summed E-state index contributed by atoms with van der Waals surface area (Å²) in [5.74, 6) is -0.766. The summed E-state index contributed by atoms with van der Waals surface area (Å²) in [6.45, 7) is 7.24. The number of sulfonamides is 1. The molecule has 0 saturated carbocycles. The van der Waals surface area contributed by atoms with E-state index in [0.717, 1.165) is 27.3 Å². The minimum Gasteiger partial charge on any atom is -0.350 e. The average molecular weight is 536 g/mol. The number of nitrogens with one attached hydrogen (secondary N) is 1. The molecule has 0 unspecified atom stereocenters. The van der Waals surface area contributed by atoms with Crippen molar-refractivity contribution in [2.75, 3.05) is 17.1 Å². The minimum absolute atomic E-state index is 0.153. The molecule has 0 aliphatic rings. The highest BCUT2D eigenvalue weighted by Crippen LogP contribution is 2.21. The van der Waals surface area contributed by atoms with E-state index in [1.54, 1.807) is 18.2 Å². The van der Waals surface area contributed by atoms with Crippen LogP contribution in [0.2, 0.25) is 0 Å². The second kappa shape index (κ2) is 12.3. The van der Waals surface area contributed by atoms with E-state index in [1.165, 1.54) is 4.90 Å². The van der Waals surface area contributed by atoms with Gasteiger partial charge in [-0.25, -0.2) is 8.42 Å². The van der Waals surface area contributed by atoms with Crippen molar-refractivity contribution in [2.24, 2.45) is 0 Å². The topological polar surface area (TPSA) is 86.8 Å². The van der Waals surface area contributed by atoms with Gasteiger partial charge in [0.05, 0.1) is 11.9 Å². The number of aryl methyl sites for hydroxylation is 1. The van der Waals surface area contributed by atoms with Gasteiger partial charge in [-0.2, -0.15) is 0 Å². The number of amides is 2. The molecule has 0 fully saturated rings. The summed E-state index contributed by atoms with van der Waals surface area (Å²) in [5.41, 5.74) is 2.49. The molecule has 0 aromatic heterocycles. The predicted molar refractivity (Wildman–Crippen MR) is 152 cm³/mol. The van der Waals surface area contributed by atoms with Crippen molar-refractivity contribution in [3.63, 3.8) is 0 Å². The van der Waals surface area contributed by atoms with Crippen LogP contribution in [0.15, 0.2) is 84.9 Å². The molecule has 1 N–H and O–H groups in total. The summed E-state index contributed by atoms with van der Waals surface area (Å²) in [4.78, 5) is 29.2. The summed E-state index contributed by atoms with van der Waals surface area (Å²) in [6.07, 6.45) is 1.36. The molecular formula is C30H37N3O4S. The van der Waals surface area contributed by atoms with Gasteiger partial charge in [0.15, 0.2) is 0 Å². The zero-order chi connectivity index (χ0) is 27.9. The number of benzene rings is 3. The van der Waals surface area contributed by atoms with Gasteiger partial charge >= 0.3 is 0 Å². The van der Waals surface area contributed by atoms with Crippen molar-refractivity contribution in [1.82, 2.24) is 10.2 Å². The second-order valence-corrected chi connectivity index (χ2v) is 12.5. The Bertz CT molecular complexity index is 1340. The lowest BCUT2D eigenvalue weighted by molar-refractivity contribution is -0.140. The Labute approximate surface area is 226 Å². The third-order valence-electron chi connectivity index (χ3n) is 5.93. The molecule has 8 heteroatoms. The molecule has 0 heterocycles. The van der Waals surface area contributed by atoms with E-state index in [4.69, 9.17) is 0 Å². The molecule has 0 radical (unpaired) electrons. The van der Waals surface area contributed by atoms with Crippen LogP contribution in [0.1, 0.15) is 37.5 Å². The van der Waals surface area contributed by atoms with E-state index in [0.29, 0.717) is 5.69 Å². The van der Waals surface area contributed by atoms with Gasteiger partial charge < -0.3 is 10.2 Å². The van der Waals surface area contributed by atoms with Crippen molar-refractivity contribution >= 4 is 27.5 Å². The molecule has 7 nitrogen and oxygen atoms in total. The van der Waals surface area contributed by atoms with E-state index in [1.807, 2.05) is 94.4 Å². The molecule has 0 aliphatic carbocycles. The second-order valence-electron chi connectivity index (χ2n) is 10.6. The molecule has 0 aliphatic heterocycles. The van der Waals surface area contributed by atoms with Crippen molar-refractivity contribution in [1.29, 1.82) is 0 Å². The first-order valence-electron chi connectivity index (χ1n) is 12.6. The summed E-state index contributed by atoms with van der Waals surface area (Å²) in [7, 11) is -3.78. The lowest BCUT2D eigenvalue weighted by atomic mass is 10.0. The number of carbonyl (C=O) groups is 2. The highest BCUT2D eigenvalue weighted by Gasteiger charge is 2.34. The first kappa shape index (κ1) is 28.9. The van der Waals surface area contributed by atoms with Gasteiger partial charge in [-0.3, -0.25) is 13.9 Å². The van der Waals surface area contributed by atoms with Crippen LogP contribution in [-0.4, -0.2) is 49.5 Å². The molecule has 2 amide bonds. The maximum atomic E-state index is 14.0. The molecule has 0 spiro atoms. The van der Waals surface area contributed by atoms with E-state index in [2.05, 4.69) is 5.32 Å². The Balaban J connectivity index is 2.05. The van der Waals surface area contributed by atoms with Crippen LogP contribution >= 0.6 is 0 Å². The molecule has 3 aromatic carbocycles. The molecule has 1 atom stereocenters. The predicted octanol–water partition coefficient (Wildman–Crippen LogP) is 4.32. The Morgan fingerprint density at radius 3 is 1.97 bits per heavy atom. The van der Waals surface area contributed by atoms with Crippen molar-refractivity contribution in [3.05, 3.63) is 102 Å². The summed E-state index contributed by atoms with van der Waals surface area (Å²) in [5, 5.41) is 3.02. The van der Waals surface area contributed by atoms with E-state index in [-0.39, 0.29) is 18.9 Å². The lowest BCUT2D eigenvalue weighted by Crippen LogP contribution is -2.56. The van der Waals surface area contributed by atoms with Gasteiger partial charge in [0.25, 0.3) is 0 Å². The molecule has 3 rings (SSSR count). The van der Waals surface area contributed by atoms with Crippen molar-refractivity contribution in [2.45, 2.75) is 52.2 Å². The normalized spacial score (nSPS) is 12.4. The number of nitrogens with zero attached hydrogens (tertiary/aromatic N) is 2. The SMILES string of the molecule is Cc1cccc(N(CC(=O)N(Cc2ccccc2)[C@H](Cc2ccccc2)C(=O)NC(C)(C)C)S(C)(=O)=O)c1. The lowest BCUT2D eigenvalue weighted by Gasteiger charge is -2.35. The van der Waals surface area contributed by atoms with Gasteiger partial charge in [-0.15, -0.1) is 0 Å². The number of hydrogen-bond donors (Lipinski definition) is 1. The molecular weight excluding hydrogens is 498 g/mol. The monoisotopic (exact) mass is 535 g/mol. The zero-order valence-corrected chi connectivity index (χ0v) is 23.5. The van der Waals surface area contributed by atoms with Gasteiger partial charge in [0.1, 0.15) is 12.6 Å². The van der Waals surface area contributed by atoms with Crippen molar-refractivity contribution in [3.8, 4) is 0 Å². The fraction of sp³-hybridized carbons (Fsp3) is 0.333. The van der Waals surface area contributed by atoms with E-state index >= 15 is 0 Å². The van der Waals surface area contributed by atoms with Crippen LogP contribution in [0, 0.1) is 6.92 Å². The third kappa shape index (κ3) is 8.45. The van der Waals surface area contributed by atoms with Gasteiger partial charge in [-0.05, 0) is 56.5 Å². The molecule has 0 saturated heterocycles. The summed E-state index contributed by atoms with van der Waals surface area (Å²) in [6, 6.07) is 25.0. The van der Waals surface area contributed by atoms with Crippen LogP contribution in [0.3, 0.4) is 0 Å². The molecule has 38 heavy (non-hydrogen) atoms. The first-order valence-corrected chi connectivity index (χ1v) is 14.4. The van der Waals surface area contributed by atoms with Crippen LogP contribution < -0.4 is 9.62 Å². The first-order chi connectivity index (χ1) is 17.8. The molecule has 3 aromatic rings. The van der Waals surface area contributed by atoms with Crippen LogP contribution in [-0.2, 0) is 32.6 Å². The Morgan fingerprint density at radius 2 is 1.45 bits per heavy atom. The standard InChI is InChI=1S/C30H37N3O4S/c1-23-13-12-18-26(19-23)33(38(5,36)37)22-28(34)32(21-25-16-10-7-11-17-25)27(29(35)31-30(2,3)4)20-24-14-8-6-9-15-24/h6-19,27H,20-22H2,1-5H3,(H,31,35)/t27-/m1/s1. The maximum absolute atomic E-state index is 14.0. The van der Waals surface area contributed by atoms with Crippen LogP contribution in [0.25, 0.3) is 0 Å². The smallest absolute Gasteiger partial charge is 0.244 e. The van der Waals surface area contributed by atoms with Crippen molar-refractivity contribution < 1.29 is 18.0 Å². The van der Waals surface area contributed by atoms with E-state index in [9.17, 15) is 18.0 Å². The number of hydrogen-bond acceptors (Lipinski definition) is 4. The Hall–Kier alpha value is -3.65. The fourth-order valence-corrected chi connectivity index (χ4v) is 5.03. The Kier molecular flexibility index (Phi) is 9.33. The molecule has 0 bridgehead atoms. The highest BCUT2D eigenvalue weighted by molar-refractivity contribution is 7.92. The highest BCUT2D eigenvalue weighted by atomic mass is 32.2. The summed E-state index contributed by atoms with van der Waals surface area (Å²) < 4.78 is 26.7. The number of rotatable bonds is 10. The van der Waals surface area contributed by atoms with Gasteiger partial charge in [-0.1, -0.05) is 72.8 Å². The van der Waals surface area contributed by atoms with Gasteiger partial charge in [0, 0.05) is 18.5 Å².